The van der Waals surface area contributed by atoms with Crippen molar-refractivity contribution >= 4 is 46.4 Å². The molecule has 2 bridgehead atoms. The number of carbonyl (C=O) groups is 1. The lowest BCUT2D eigenvalue weighted by Crippen LogP contribution is -2.32. The molecule has 2 aromatic rings. The summed E-state index contributed by atoms with van der Waals surface area (Å²) in [7, 11) is 0. The highest BCUT2D eigenvalue weighted by atomic mass is 35.5. The van der Waals surface area contributed by atoms with Crippen LogP contribution in [0.5, 0.6) is 5.75 Å². The van der Waals surface area contributed by atoms with Gasteiger partial charge in [-0.05, 0) is 54.0 Å². The van der Waals surface area contributed by atoms with Gasteiger partial charge in [0.2, 0.25) is 5.91 Å². The number of benzene rings is 2. The highest BCUT2D eigenvalue weighted by molar-refractivity contribution is 7.80. The molecule has 2 aromatic carbocycles. The van der Waals surface area contributed by atoms with Crippen molar-refractivity contribution in [2.45, 2.75) is 20.3 Å². The van der Waals surface area contributed by atoms with Gasteiger partial charge in [0.1, 0.15) is 5.75 Å². The average Bonchev–Trinajstić information content (AvgIpc) is 2.42. The lowest BCUT2D eigenvalue weighted by Gasteiger charge is -2.14. The van der Waals surface area contributed by atoms with Crippen LogP contribution in [0.1, 0.15) is 23.6 Å². The van der Waals surface area contributed by atoms with Crippen LogP contribution in [0.2, 0.25) is 10.0 Å². The third-order valence-corrected chi connectivity index (χ3v) is 3.72. The molecule has 0 unspecified atom stereocenters. The van der Waals surface area contributed by atoms with Crippen molar-refractivity contribution in [1.82, 2.24) is 5.32 Å². The molecule has 4 nitrogen and oxygen atoms in total. The molecule has 2 aliphatic rings. The topological polar surface area (TPSA) is 75.4 Å². The molecule has 0 spiro atoms. The number of hydrogen-bond donors (Lipinski definition) is 3. The standard InChI is InChI=1S/C7H6Cl2.C7H6O.C3H6N2OS/c1-5-2-3-6(8)4-7(5)9;8-7-2-1-5-3-6(7)4-5;1-2(6)5-3(4)7/h2-4H,1H3;1-3,8H,4H2;1H3,(H3,4,5,6,7). The first-order valence-electron chi connectivity index (χ1n) is 6.98. The number of hydrogen-bond acceptors (Lipinski definition) is 3. The largest absolute Gasteiger partial charge is 0.508 e. The van der Waals surface area contributed by atoms with E-state index in [2.05, 4.69) is 17.5 Å². The second-order valence-electron chi connectivity index (χ2n) is 5.08. The minimum Gasteiger partial charge on any atom is -0.508 e. The third-order valence-electron chi connectivity index (χ3n) is 2.97. The van der Waals surface area contributed by atoms with Crippen molar-refractivity contribution < 1.29 is 9.90 Å². The molecule has 2 aliphatic carbocycles. The maximum absolute atomic E-state index is 9.98. The van der Waals surface area contributed by atoms with Gasteiger partial charge < -0.3 is 16.2 Å². The van der Waals surface area contributed by atoms with Crippen LogP contribution in [0, 0.1) is 6.92 Å². The van der Waals surface area contributed by atoms with E-state index in [1.54, 1.807) is 12.1 Å². The SMILES string of the molecule is CC(=O)NC(N)=S.Cc1ccc(Cl)cc1Cl.Oc1ccc2cc1C2. The molecule has 1 amide bonds. The van der Waals surface area contributed by atoms with Gasteiger partial charge in [-0.2, -0.15) is 0 Å². The first-order chi connectivity index (χ1) is 11.2. The summed E-state index contributed by atoms with van der Waals surface area (Å²) >= 11 is 15.7. The molecule has 0 fully saturated rings. The van der Waals surface area contributed by atoms with E-state index in [1.165, 1.54) is 12.5 Å². The number of amides is 1. The molecule has 0 saturated heterocycles. The Morgan fingerprint density at radius 1 is 1.25 bits per heavy atom. The fraction of sp³-hybridized carbons (Fsp3) is 0.176. The van der Waals surface area contributed by atoms with Crippen molar-refractivity contribution in [3.05, 3.63) is 63.1 Å². The van der Waals surface area contributed by atoms with Crippen molar-refractivity contribution in [1.29, 1.82) is 0 Å². The van der Waals surface area contributed by atoms with Crippen LogP contribution in [0.4, 0.5) is 0 Å². The molecule has 4 rings (SSSR count). The fourth-order valence-electron chi connectivity index (χ4n) is 1.72. The maximum atomic E-state index is 9.98. The fourth-order valence-corrected chi connectivity index (χ4v) is 2.27. The van der Waals surface area contributed by atoms with Gasteiger partial charge in [-0.25, -0.2) is 0 Å². The Morgan fingerprint density at radius 2 is 1.88 bits per heavy atom. The Bertz CT molecular complexity index is 730. The molecular weight excluding hydrogens is 367 g/mol. The molecule has 0 saturated carbocycles. The number of phenols is 1. The normalized spacial score (nSPS) is 10.2. The Hall–Kier alpha value is -1.82. The summed E-state index contributed by atoms with van der Waals surface area (Å²) in [6.45, 7) is 3.29. The molecule has 24 heavy (non-hydrogen) atoms. The van der Waals surface area contributed by atoms with Gasteiger partial charge >= 0.3 is 0 Å². The number of thiocarbonyl (C=S) groups is 1. The van der Waals surface area contributed by atoms with Crippen molar-refractivity contribution in [2.24, 2.45) is 5.73 Å². The van der Waals surface area contributed by atoms with Crippen LogP contribution >= 0.6 is 35.4 Å². The number of nitrogens with one attached hydrogen (secondary N) is 1. The van der Waals surface area contributed by atoms with Crippen LogP contribution in [-0.2, 0) is 11.2 Å². The summed E-state index contributed by atoms with van der Waals surface area (Å²) < 4.78 is 0. The number of rotatable bonds is 0. The Kier molecular flexibility index (Phi) is 7.98. The molecule has 0 heterocycles. The predicted octanol–water partition coefficient (Wildman–Crippen LogP) is 3.96. The van der Waals surface area contributed by atoms with E-state index in [0.29, 0.717) is 10.8 Å². The van der Waals surface area contributed by atoms with Gasteiger partial charge in [-0.3, -0.25) is 4.79 Å². The summed E-state index contributed by atoms with van der Waals surface area (Å²) in [6, 6.07) is 11.2. The lowest BCUT2D eigenvalue weighted by atomic mass is 9.93. The minimum absolute atomic E-state index is 0.0208. The zero-order valence-corrected chi connectivity index (χ0v) is 15.6. The Labute approximate surface area is 156 Å². The van der Waals surface area contributed by atoms with Crippen LogP contribution < -0.4 is 11.1 Å². The Morgan fingerprint density at radius 3 is 2.12 bits per heavy atom. The number of fused-ring (bicyclic) bond motifs is 2. The monoisotopic (exact) mass is 384 g/mol. The zero-order valence-electron chi connectivity index (χ0n) is 13.3. The van der Waals surface area contributed by atoms with Gasteiger partial charge in [0.25, 0.3) is 0 Å². The summed E-state index contributed by atoms with van der Waals surface area (Å²) in [5, 5.41) is 12.6. The predicted molar refractivity (Wildman–Crippen MR) is 103 cm³/mol. The van der Waals surface area contributed by atoms with Gasteiger partial charge in [-0.15, -0.1) is 0 Å². The van der Waals surface area contributed by atoms with E-state index >= 15 is 0 Å². The molecule has 128 valence electrons. The van der Waals surface area contributed by atoms with Crippen LogP contribution in [0.15, 0.2) is 36.4 Å². The summed E-state index contributed by atoms with van der Waals surface area (Å²) in [5.41, 5.74) is 8.37. The van der Waals surface area contributed by atoms with Crippen LogP contribution in [-0.4, -0.2) is 16.1 Å². The van der Waals surface area contributed by atoms with Crippen molar-refractivity contribution in [2.75, 3.05) is 0 Å². The first kappa shape index (κ1) is 20.2. The van der Waals surface area contributed by atoms with E-state index in [4.69, 9.17) is 34.0 Å². The van der Waals surface area contributed by atoms with Gasteiger partial charge in [0, 0.05) is 23.4 Å². The van der Waals surface area contributed by atoms with Gasteiger partial charge in [-0.1, -0.05) is 41.4 Å². The number of aryl methyl sites for hydroxylation is 1. The second-order valence-corrected chi connectivity index (χ2v) is 6.36. The van der Waals surface area contributed by atoms with E-state index in [-0.39, 0.29) is 11.0 Å². The van der Waals surface area contributed by atoms with Crippen LogP contribution in [0.3, 0.4) is 0 Å². The quantitative estimate of drug-likeness (QED) is 0.512. The molecule has 0 aliphatic heterocycles. The Balaban J connectivity index is 0.000000182. The maximum Gasteiger partial charge on any atom is 0.222 e. The highest BCUT2D eigenvalue weighted by Gasteiger charge is 2.11. The summed E-state index contributed by atoms with van der Waals surface area (Å²) in [4.78, 5) is 9.98. The smallest absolute Gasteiger partial charge is 0.222 e. The molecule has 7 heteroatoms. The summed E-state index contributed by atoms with van der Waals surface area (Å²) in [5.74, 6) is 0.215. The number of halogens is 2. The second kappa shape index (κ2) is 9.47. The minimum atomic E-state index is -0.229. The molecule has 0 radical (unpaired) electrons. The lowest BCUT2D eigenvalue weighted by molar-refractivity contribution is -0.117. The highest BCUT2D eigenvalue weighted by Crippen LogP contribution is 2.29. The van der Waals surface area contributed by atoms with E-state index < -0.39 is 0 Å². The van der Waals surface area contributed by atoms with Crippen molar-refractivity contribution in [3.63, 3.8) is 0 Å². The summed E-state index contributed by atoms with van der Waals surface area (Å²) in [6.07, 6.45) is 0.975. The van der Waals surface area contributed by atoms with Gasteiger partial charge in [0.05, 0.1) is 0 Å². The number of nitrogens with two attached hydrogens (primary N) is 1. The zero-order chi connectivity index (χ0) is 18.3. The van der Waals surface area contributed by atoms with E-state index in [0.717, 1.165) is 22.6 Å². The molecule has 0 atom stereocenters. The number of carbonyl (C=O) groups excluding carboxylic acids is 1. The number of aromatic hydroxyl groups is 1. The van der Waals surface area contributed by atoms with E-state index in [9.17, 15) is 4.79 Å². The third kappa shape index (κ3) is 7.17. The van der Waals surface area contributed by atoms with Crippen LogP contribution in [0.25, 0.3) is 0 Å². The molecule has 4 N–H and O–H groups in total. The first-order valence-corrected chi connectivity index (χ1v) is 8.15. The molecular formula is C17H18Cl2N2O2S. The number of phenolic OH excluding ortho intramolecular Hbond substituents is 1. The van der Waals surface area contributed by atoms with Gasteiger partial charge in [0.15, 0.2) is 5.11 Å². The van der Waals surface area contributed by atoms with E-state index in [1.807, 2.05) is 31.2 Å². The average molecular weight is 385 g/mol. The van der Waals surface area contributed by atoms with Crippen molar-refractivity contribution in [3.8, 4) is 5.75 Å². The molecule has 0 aromatic heterocycles.